The van der Waals surface area contributed by atoms with Crippen LogP contribution in [0.2, 0.25) is 0 Å². The fourth-order valence-electron chi connectivity index (χ4n) is 2.25. The van der Waals surface area contributed by atoms with Gasteiger partial charge in [0.1, 0.15) is 0 Å². The third kappa shape index (κ3) is 4.03. The van der Waals surface area contributed by atoms with Crippen molar-refractivity contribution in [2.75, 3.05) is 38.2 Å². The van der Waals surface area contributed by atoms with Gasteiger partial charge in [-0.3, -0.25) is 0 Å². The van der Waals surface area contributed by atoms with Crippen LogP contribution in [0, 0.1) is 5.92 Å². The van der Waals surface area contributed by atoms with E-state index >= 15 is 0 Å². The maximum Gasteiger partial charge on any atom is 0.151 e. The predicted octanol–water partition coefficient (Wildman–Crippen LogP) is 0.105. The molecule has 1 saturated carbocycles. The van der Waals surface area contributed by atoms with Crippen molar-refractivity contribution in [1.82, 2.24) is 10.2 Å². The number of sulfone groups is 1. The highest BCUT2D eigenvalue weighted by Crippen LogP contribution is 2.29. The van der Waals surface area contributed by atoms with Crippen LogP contribution in [-0.2, 0) is 9.84 Å². The maximum atomic E-state index is 11.2. The van der Waals surface area contributed by atoms with Crippen LogP contribution in [0.3, 0.4) is 0 Å². The standard InChI is InChI=1S/C11H22N2O2S/c1-13(8-10-2-3-10)6-5-12-11-4-7-16(14,15)9-11/h10-12H,2-9H2,1H3. The van der Waals surface area contributed by atoms with Gasteiger partial charge in [0.05, 0.1) is 11.5 Å². The van der Waals surface area contributed by atoms with Gasteiger partial charge in [0, 0.05) is 25.7 Å². The molecule has 16 heavy (non-hydrogen) atoms. The van der Waals surface area contributed by atoms with Gasteiger partial charge in [0.2, 0.25) is 0 Å². The number of nitrogens with zero attached hydrogens (tertiary/aromatic N) is 1. The molecule has 2 fully saturated rings. The van der Waals surface area contributed by atoms with E-state index in [2.05, 4.69) is 17.3 Å². The van der Waals surface area contributed by atoms with E-state index < -0.39 is 9.84 Å². The first kappa shape index (κ1) is 12.3. The zero-order chi connectivity index (χ0) is 11.6. The molecule has 5 heteroatoms. The summed E-state index contributed by atoms with van der Waals surface area (Å²) >= 11 is 0. The monoisotopic (exact) mass is 246 g/mol. The van der Waals surface area contributed by atoms with Gasteiger partial charge in [0.25, 0.3) is 0 Å². The average Bonchev–Trinajstić information content (AvgIpc) is 2.91. The molecular formula is C11H22N2O2S. The molecule has 1 N–H and O–H groups in total. The van der Waals surface area contributed by atoms with Crippen molar-refractivity contribution in [2.24, 2.45) is 5.92 Å². The second-order valence-electron chi connectivity index (χ2n) is 5.26. The summed E-state index contributed by atoms with van der Waals surface area (Å²) in [7, 11) is -0.587. The molecule has 0 radical (unpaired) electrons. The van der Waals surface area contributed by atoms with E-state index in [0.29, 0.717) is 11.5 Å². The minimum atomic E-state index is -2.73. The molecule has 0 bridgehead atoms. The summed E-state index contributed by atoms with van der Waals surface area (Å²) in [5.41, 5.74) is 0. The molecule has 1 aliphatic heterocycles. The molecule has 1 unspecified atom stereocenters. The zero-order valence-electron chi connectivity index (χ0n) is 9.98. The molecule has 0 aromatic rings. The molecule has 0 spiro atoms. The first-order valence-electron chi connectivity index (χ1n) is 6.17. The Balaban J connectivity index is 1.57. The predicted molar refractivity (Wildman–Crippen MR) is 65.3 cm³/mol. The second-order valence-corrected chi connectivity index (χ2v) is 7.49. The van der Waals surface area contributed by atoms with E-state index in [1.54, 1.807) is 0 Å². The summed E-state index contributed by atoms with van der Waals surface area (Å²) in [6.07, 6.45) is 3.56. The van der Waals surface area contributed by atoms with Crippen molar-refractivity contribution in [2.45, 2.75) is 25.3 Å². The van der Waals surface area contributed by atoms with Crippen molar-refractivity contribution in [3.05, 3.63) is 0 Å². The lowest BCUT2D eigenvalue weighted by Gasteiger charge is -2.18. The Morgan fingerprint density at radius 2 is 2.06 bits per heavy atom. The molecule has 2 aliphatic rings. The zero-order valence-corrected chi connectivity index (χ0v) is 10.8. The van der Waals surface area contributed by atoms with Crippen LogP contribution in [0.5, 0.6) is 0 Å². The topological polar surface area (TPSA) is 49.4 Å². The van der Waals surface area contributed by atoms with Crippen LogP contribution in [-0.4, -0.2) is 57.5 Å². The lowest BCUT2D eigenvalue weighted by molar-refractivity contribution is 0.313. The number of likely N-dealkylation sites (N-methyl/N-ethyl adjacent to an activating group) is 1. The SMILES string of the molecule is CN(CCNC1CCS(=O)(=O)C1)CC1CC1. The highest BCUT2D eigenvalue weighted by molar-refractivity contribution is 7.91. The Hall–Kier alpha value is -0.130. The molecular weight excluding hydrogens is 224 g/mol. The van der Waals surface area contributed by atoms with Gasteiger partial charge >= 0.3 is 0 Å². The van der Waals surface area contributed by atoms with Crippen molar-refractivity contribution in [3.8, 4) is 0 Å². The lowest BCUT2D eigenvalue weighted by atomic mass is 10.2. The Labute approximate surface area is 98.3 Å². The van der Waals surface area contributed by atoms with E-state index in [-0.39, 0.29) is 6.04 Å². The fraction of sp³-hybridized carbons (Fsp3) is 1.00. The van der Waals surface area contributed by atoms with Crippen molar-refractivity contribution in [3.63, 3.8) is 0 Å². The van der Waals surface area contributed by atoms with E-state index in [1.807, 2.05) is 0 Å². The van der Waals surface area contributed by atoms with Crippen LogP contribution >= 0.6 is 0 Å². The Bertz CT molecular complexity index is 325. The molecule has 1 heterocycles. The summed E-state index contributed by atoms with van der Waals surface area (Å²) in [6.45, 7) is 3.13. The third-order valence-electron chi connectivity index (χ3n) is 3.43. The van der Waals surface area contributed by atoms with Crippen molar-refractivity contribution < 1.29 is 8.42 Å². The Kier molecular flexibility index (Phi) is 3.87. The molecule has 0 aromatic carbocycles. The summed E-state index contributed by atoms with van der Waals surface area (Å²) < 4.78 is 22.5. The fourth-order valence-corrected chi connectivity index (χ4v) is 3.96. The smallest absolute Gasteiger partial charge is 0.151 e. The molecule has 2 rings (SSSR count). The first-order valence-corrected chi connectivity index (χ1v) is 8.00. The second kappa shape index (κ2) is 5.02. The van der Waals surface area contributed by atoms with Gasteiger partial charge in [-0.1, -0.05) is 0 Å². The van der Waals surface area contributed by atoms with Crippen LogP contribution in [0.15, 0.2) is 0 Å². The van der Waals surface area contributed by atoms with Gasteiger partial charge in [-0.15, -0.1) is 0 Å². The van der Waals surface area contributed by atoms with Crippen LogP contribution in [0.4, 0.5) is 0 Å². The Morgan fingerprint density at radius 3 is 2.62 bits per heavy atom. The summed E-state index contributed by atoms with van der Waals surface area (Å²) in [4.78, 5) is 2.34. The van der Waals surface area contributed by atoms with E-state index in [0.717, 1.165) is 25.4 Å². The normalized spacial score (nSPS) is 28.8. The number of nitrogens with one attached hydrogen (secondary N) is 1. The van der Waals surface area contributed by atoms with Gasteiger partial charge in [-0.2, -0.15) is 0 Å². The highest BCUT2D eigenvalue weighted by Gasteiger charge is 2.27. The van der Waals surface area contributed by atoms with Crippen molar-refractivity contribution >= 4 is 9.84 Å². The van der Waals surface area contributed by atoms with Gasteiger partial charge in [-0.25, -0.2) is 8.42 Å². The molecule has 0 aromatic heterocycles. The number of hydrogen-bond donors (Lipinski definition) is 1. The summed E-state index contributed by atoms with van der Waals surface area (Å²) in [6, 6.07) is 0.194. The first-order chi connectivity index (χ1) is 7.55. The Morgan fingerprint density at radius 1 is 1.31 bits per heavy atom. The highest BCUT2D eigenvalue weighted by atomic mass is 32.2. The van der Waals surface area contributed by atoms with Crippen molar-refractivity contribution in [1.29, 1.82) is 0 Å². The molecule has 4 nitrogen and oxygen atoms in total. The van der Waals surface area contributed by atoms with Crippen LogP contribution < -0.4 is 5.32 Å². The molecule has 94 valence electrons. The lowest BCUT2D eigenvalue weighted by Crippen LogP contribution is -2.37. The van der Waals surface area contributed by atoms with E-state index in [1.165, 1.54) is 19.4 Å². The quantitative estimate of drug-likeness (QED) is 0.722. The third-order valence-corrected chi connectivity index (χ3v) is 5.19. The van der Waals surface area contributed by atoms with E-state index in [4.69, 9.17) is 0 Å². The average molecular weight is 246 g/mol. The maximum absolute atomic E-state index is 11.2. The summed E-state index contributed by atoms with van der Waals surface area (Å²) in [5.74, 6) is 1.62. The number of rotatable bonds is 6. The minimum Gasteiger partial charge on any atom is -0.312 e. The van der Waals surface area contributed by atoms with Gasteiger partial charge < -0.3 is 10.2 Å². The molecule has 1 atom stereocenters. The summed E-state index contributed by atoms with van der Waals surface area (Å²) in [5, 5.41) is 3.34. The molecule has 1 saturated heterocycles. The minimum absolute atomic E-state index is 0.194. The van der Waals surface area contributed by atoms with Gasteiger partial charge in [0.15, 0.2) is 9.84 Å². The van der Waals surface area contributed by atoms with Gasteiger partial charge in [-0.05, 0) is 32.2 Å². The molecule has 1 aliphatic carbocycles. The van der Waals surface area contributed by atoms with E-state index in [9.17, 15) is 8.42 Å². The van der Waals surface area contributed by atoms with Crippen LogP contribution in [0.25, 0.3) is 0 Å². The van der Waals surface area contributed by atoms with Crippen LogP contribution in [0.1, 0.15) is 19.3 Å². The molecule has 0 amide bonds. The number of hydrogen-bond acceptors (Lipinski definition) is 4. The largest absolute Gasteiger partial charge is 0.312 e.